The van der Waals surface area contributed by atoms with E-state index in [0.29, 0.717) is 24.4 Å². The van der Waals surface area contributed by atoms with Crippen LogP contribution in [0, 0.1) is 17.2 Å². The number of nitrogens with zero attached hydrogens (tertiary/aromatic N) is 3. The van der Waals surface area contributed by atoms with E-state index < -0.39 is 0 Å². The van der Waals surface area contributed by atoms with Crippen LogP contribution in [0.1, 0.15) is 27.2 Å². The Balaban J connectivity index is 2.55. The van der Waals surface area contributed by atoms with Crippen molar-refractivity contribution in [2.75, 3.05) is 26.7 Å². The first-order chi connectivity index (χ1) is 7.04. The van der Waals surface area contributed by atoms with Gasteiger partial charge in [-0.1, -0.05) is 13.8 Å². The maximum Gasteiger partial charge on any atom is 0.0638 e. The molecule has 1 rings (SSSR count). The third kappa shape index (κ3) is 3.48. The predicted molar refractivity (Wildman–Crippen MR) is 62.5 cm³/mol. The predicted octanol–water partition coefficient (Wildman–Crippen LogP) is 1.56. The summed E-state index contributed by atoms with van der Waals surface area (Å²) in [4.78, 5) is 4.84. The molecule has 0 saturated carbocycles. The molecule has 0 spiro atoms. The van der Waals surface area contributed by atoms with E-state index in [4.69, 9.17) is 5.26 Å². The number of hydrogen-bond acceptors (Lipinski definition) is 3. The molecule has 0 aromatic heterocycles. The van der Waals surface area contributed by atoms with Crippen molar-refractivity contribution in [1.29, 1.82) is 5.26 Å². The van der Waals surface area contributed by atoms with Crippen LogP contribution in [0.2, 0.25) is 0 Å². The lowest BCUT2D eigenvalue weighted by molar-refractivity contribution is 0.0473. The van der Waals surface area contributed by atoms with Crippen molar-refractivity contribution in [3.05, 3.63) is 0 Å². The second kappa shape index (κ2) is 5.48. The molecule has 0 N–H and O–H groups in total. The molecule has 1 saturated heterocycles. The zero-order valence-electron chi connectivity index (χ0n) is 10.4. The number of piperazine rings is 1. The molecule has 0 aromatic rings. The molecule has 2 unspecified atom stereocenters. The Kier molecular flexibility index (Phi) is 4.56. The fourth-order valence-corrected chi connectivity index (χ4v) is 2.34. The van der Waals surface area contributed by atoms with Crippen LogP contribution in [0.25, 0.3) is 0 Å². The lowest BCUT2D eigenvalue weighted by atomic mass is 10.0. The molecule has 1 aliphatic rings. The van der Waals surface area contributed by atoms with Gasteiger partial charge in [-0.25, -0.2) is 0 Å². The molecule has 1 aliphatic heterocycles. The van der Waals surface area contributed by atoms with Crippen molar-refractivity contribution in [3.8, 4) is 6.07 Å². The molecule has 86 valence electrons. The smallest absolute Gasteiger partial charge is 0.0638 e. The molecule has 15 heavy (non-hydrogen) atoms. The summed E-state index contributed by atoms with van der Waals surface area (Å²) in [6.07, 6.45) is 0.648. The highest BCUT2D eigenvalue weighted by Gasteiger charge is 2.29. The minimum atomic E-state index is 0.414. The van der Waals surface area contributed by atoms with Gasteiger partial charge in [0.15, 0.2) is 0 Å². The standard InChI is InChI=1S/C12H23N3/c1-10(2)7-15-8-11(3)14(4)12(9-15)5-6-13/h10-12H,5,7-9H2,1-4H3. The zero-order valence-corrected chi connectivity index (χ0v) is 10.4. The number of nitriles is 1. The Bertz CT molecular complexity index is 232. The summed E-state index contributed by atoms with van der Waals surface area (Å²) in [6.45, 7) is 10.1. The average molecular weight is 209 g/mol. The van der Waals surface area contributed by atoms with E-state index in [2.05, 4.69) is 43.7 Å². The maximum absolute atomic E-state index is 8.80. The minimum Gasteiger partial charge on any atom is -0.300 e. The Labute approximate surface area is 93.7 Å². The van der Waals surface area contributed by atoms with Crippen LogP contribution < -0.4 is 0 Å². The summed E-state index contributed by atoms with van der Waals surface area (Å²) in [7, 11) is 2.14. The van der Waals surface area contributed by atoms with E-state index in [0.717, 1.165) is 19.6 Å². The zero-order chi connectivity index (χ0) is 11.4. The Morgan fingerprint density at radius 2 is 2.07 bits per heavy atom. The van der Waals surface area contributed by atoms with E-state index in [1.807, 2.05) is 0 Å². The summed E-state index contributed by atoms with van der Waals surface area (Å²) in [5.41, 5.74) is 0. The van der Waals surface area contributed by atoms with Crippen LogP contribution in [0.5, 0.6) is 0 Å². The molecule has 3 heteroatoms. The highest BCUT2D eigenvalue weighted by molar-refractivity contribution is 4.90. The van der Waals surface area contributed by atoms with Gasteiger partial charge < -0.3 is 0 Å². The first-order valence-electron chi connectivity index (χ1n) is 5.85. The van der Waals surface area contributed by atoms with Gasteiger partial charge in [0, 0.05) is 31.7 Å². The SMILES string of the molecule is CC(C)CN1CC(C)N(C)C(CC#N)C1. The van der Waals surface area contributed by atoms with Crippen molar-refractivity contribution in [2.45, 2.75) is 39.3 Å². The molecular formula is C12H23N3. The van der Waals surface area contributed by atoms with Crippen LogP contribution in [0.15, 0.2) is 0 Å². The lowest BCUT2D eigenvalue weighted by Crippen LogP contribution is -2.56. The van der Waals surface area contributed by atoms with Crippen molar-refractivity contribution in [1.82, 2.24) is 9.80 Å². The number of rotatable bonds is 3. The van der Waals surface area contributed by atoms with Gasteiger partial charge in [-0.05, 0) is 19.9 Å². The van der Waals surface area contributed by atoms with Gasteiger partial charge in [0.05, 0.1) is 12.5 Å². The lowest BCUT2D eigenvalue weighted by Gasteiger charge is -2.43. The first kappa shape index (κ1) is 12.5. The molecule has 2 atom stereocenters. The molecule has 0 bridgehead atoms. The highest BCUT2D eigenvalue weighted by atomic mass is 15.3. The molecule has 1 fully saturated rings. The van der Waals surface area contributed by atoms with Crippen molar-refractivity contribution in [3.63, 3.8) is 0 Å². The van der Waals surface area contributed by atoms with E-state index in [1.165, 1.54) is 0 Å². The molecular weight excluding hydrogens is 186 g/mol. The van der Waals surface area contributed by atoms with E-state index in [1.54, 1.807) is 0 Å². The van der Waals surface area contributed by atoms with Gasteiger partial charge in [-0.15, -0.1) is 0 Å². The quantitative estimate of drug-likeness (QED) is 0.706. The van der Waals surface area contributed by atoms with E-state index in [-0.39, 0.29) is 0 Å². The highest BCUT2D eigenvalue weighted by Crippen LogP contribution is 2.16. The molecule has 0 amide bonds. The summed E-state index contributed by atoms with van der Waals surface area (Å²) < 4.78 is 0. The third-order valence-corrected chi connectivity index (χ3v) is 3.21. The Morgan fingerprint density at radius 3 is 2.60 bits per heavy atom. The second-order valence-corrected chi connectivity index (χ2v) is 5.14. The van der Waals surface area contributed by atoms with Gasteiger partial charge in [0.1, 0.15) is 0 Å². The van der Waals surface area contributed by atoms with Crippen LogP contribution in [0.4, 0.5) is 0 Å². The maximum atomic E-state index is 8.80. The van der Waals surface area contributed by atoms with Gasteiger partial charge in [-0.2, -0.15) is 5.26 Å². The fourth-order valence-electron chi connectivity index (χ4n) is 2.34. The van der Waals surface area contributed by atoms with Gasteiger partial charge >= 0.3 is 0 Å². The summed E-state index contributed by atoms with van der Waals surface area (Å²) in [5.74, 6) is 0.711. The molecule has 0 aromatic carbocycles. The molecule has 0 radical (unpaired) electrons. The summed E-state index contributed by atoms with van der Waals surface area (Å²) >= 11 is 0. The van der Waals surface area contributed by atoms with Crippen LogP contribution in [-0.2, 0) is 0 Å². The van der Waals surface area contributed by atoms with E-state index >= 15 is 0 Å². The summed E-state index contributed by atoms with van der Waals surface area (Å²) in [5, 5.41) is 8.80. The number of hydrogen-bond donors (Lipinski definition) is 0. The molecule has 3 nitrogen and oxygen atoms in total. The largest absolute Gasteiger partial charge is 0.300 e. The fraction of sp³-hybridized carbons (Fsp3) is 0.917. The first-order valence-corrected chi connectivity index (χ1v) is 5.85. The normalized spacial score (nSPS) is 29.3. The third-order valence-electron chi connectivity index (χ3n) is 3.21. The number of likely N-dealkylation sites (N-methyl/N-ethyl adjacent to an activating group) is 1. The summed E-state index contributed by atoms with van der Waals surface area (Å²) in [6, 6.07) is 3.27. The van der Waals surface area contributed by atoms with Crippen molar-refractivity contribution < 1.29 is 0 Å². The van der Waals surface area contributed by atoms with Gasteiger partial charge in [0.2, 0.25) is 0 Å². The van der Waals surface area contributed by atoms with E-state index in [9.17, 15) is 0 Å². The Morgan fingerprint density at radius 1 is 1.40 bits per heavy atom. The monoisotopic (exact) mass is 209 g/mol. The minimum absolute atomic E-state index is 0.414. The van der Waals surface area contributed by atoms with Crippen molar-refractivity contribution in [2.24, 2.45) is 5.92 Å². The van der Waals surface area contributed by atoms with Gasteiger partial charge in [-0.3, -0.25) is 9.80 Å². The van der Waals surface area contributed by atoms with Crippen molar-refractivity contribution >= 4 is 0 Å². The molecule has 1 heterocycles. The Hall–Kier alpha value is -0.590. The molecule has 0 aliphatic carbocycles. The average Bonchev–Trinajstić information content (AvgIpc) is 2.12. The van der Waals surface area contributed by atoms with Crippen LogP contribution >= 0.6 is 0 Å². The topological polar surface area (TPSA) is 30.3 Å². The second-order valence-electron chi connectivity index (χ2n) is 5.14. The van der Waals surface area contributed by atoms with Crippen LogP contribution in [0.3, 0.4) is 0 Å². The van der Waals surface area contributed by atoms with Crippen LogP contribution in [-0.4, -0.2) is 48.6 Å². The van der Waals surface area contributed by atoms with Gasteiger partial charge in [0.25, 0.3) is 0 Å².